The molecule has 2 aliphatic rings. The van der Waals surface area contributed by atoms with Gasteiger partial charge in [0.2, 0.25) is 5.91 Å². The number of furan rings is 1. The van der Waals surface area contributed by atoms with Gasteiger partial charge in [0.1, 0.15) is 17.1 Å². The Bertz CT molecular complexity index is 573. The molecule has 24 heavy (non-hydrogen) atoms. The zero-order chi connectivity index (χ0) is 17.3. The molecule has 1 amide bonds. The summed E-state index contributed by atoms with van der Waals surface area (Å²) in [5.74, 6) is 2.85. The van der Waals surface area contributed by atoms with Gasteiger partial charge in [0, 0.05) is 32.7 Å². The second-order valence-electron chi connectivity index (χ2n) is 7.89. The number of rotatable bonds is 4. The molecule has 0 unspecified atom stereocenters. The van der Waals surface area contributed by atoms with Crippen LogP contribution in [-0.2, 0) is 11.3 Å². The number of carbonyl (C=O) groups is 1. The minimum atomic E-state index is -0.289. The van der Waals surface area contributed by atoms with Crippen LogP contribution < -0.4 is 0 Å². The molecule has 1 spiro atoms. The number of hydrogen-bond acceptors (Lipinski definition) is 4. The highest BCUT2D eigenvalue weighted by atomic mass is 16.3. The van der Waals surface area contributed by atoms with Gasteiger partial charge < -0.3 is 9.32 Å². The second-order valence-corrected chi connectivity index (χ2v) is 7.89. The molecule has 2 aliphatic heterocycles. The lowest BCUT2D eigenvalue weighted by molar-refractivity contribution is -0.155. The van der Waals surface area contributed by atoms with E-state index in [0.717, 1.165) is 63.6 Å². The lowest BCUT2D eigenvalue weighted by Gasteiger charge is -2.51. The van der Waals surface area contributed by atoms with Gasteiger partial charge in [-0.05, 0) is 44.9 Å². The molecular formula is C19H31N3O2. The molecule has 2 fully saturated rings. The zero-order valence-electron chi connectivity index (χ0n) is 15.5. The Morgan fingerprint density at radius 3 is 2.46 bits per heavy atom. The third-order valence-corrected chi connectivity index (χ3v) is 5.57. The summed E-state index contributed by atoms with van der Waals surface area (Å²) in [6, 6.07) is 4.07. The zero-order valence-corrected chi connectivity index (χ0v) is 15.5. The molecule has 5 nitrogen and oxygen atoms in total. The highest BCUT2D eigenvalue weighted by molar-refractivity contribution is 5.87. The van der Waals surface area contributed by atoms with E-state index < -0.39 is 0 Å². The number of piperazine rings is 1. The van der Waals surface area contributed by atoms with Crippen LogP contribution in [0, 0.1) is 12.8 Å². The molecule has 1 aromatic heterocycles. The number of likely N-dealkylation sites (tertiary alicyclic amines) is 1. The van der Waals surface area contributed by atoms with Crippen molar-refractivity contribution in [3.63, 3.8) is 0 Å². The van der Waals surface area contributed by atoms with Gasteiger partial charge in [-0.1, -0.05) is 13.8 Å². The Morgan fingerprint density at radius 2 is 1.88 bits per heavy atom. The van der Waals surface area contributed by atoms with Gasteiger partial charge in [-0.25, -0.2) is 0 Å². The van der Waals surface area contributed by atoms with Crippen molar-refractivity contribution in [2.45, 2.75) is 45.7 Å². The Balaban J connectivity index is 1.64. The van der Waals surface area contributed by atoms with E-state index >= 15 is 0 Å². The fourth-order valence-electron chi connectivity index (χ4n) is 4.13. The van der Waals surface area contributed by atoms with E-state index in [1.54, 1.807) is 0 Å². The molecule has 2 saturated heterocycles. The number of aryl methyl sites for hydroxylation is 1. The normalized spacial score (nSPS) is 22.7. The summed E-state index contributed by atoms with van der Waals surface area (Å²) in [4.78, 5) is 20.0. The summed E-state index contributed by atoms with van der Waals surface area (Å²) in [6.07, 6.45) is 1.83. The summed E-state index contributed by atoms with van der Waals surface area (Å²) in [6.45, 7) is 11.8. The van der Waals surface area contributed by atoms with Crippen LogP contribution in [0.5, 0.6) is 0 Å². The molecular weight excluding hydrogens is 302 g/mol. The standard InChI is InChI=1S/C19H31N3O2/c1-15(2)13-22-12-11-20(4)19(18(22)23)7-9-21(10-8-19)14-17-6-5-16(3)24-17/h5-6,15H,7-14H2,1-4H3. The van der Waals surface area contributed by atoms with Crippen LogP contribution in [-0.4, -0.2) is 65.9 Å². The van der Waals surface area contributed by atoms with Crippen molar-refractivity contribution in [3.05, 3.63) is 23.7 Å². The summed E-state index contributed by atoms with van der Waals surface area (Å²) < 4.78 is 5.70. The average Bonchev–Trinajstić information content (AvgIpc) is 2.95. The number of piperidine rings is 1. The van der Waals surface area contributed by atoms with Crippen LogP contribution >= 0.6 is 0 Å². The topological polar surface area (TPSA) is 39.9 Å². The molecule has 0 N–H and O–H groups in total. The highest BCUT2D eigenvalue weighted by Crippen LogP contribution is 2.33. The fourth-order valence-corrected chi connectivity index (χ4v) is 4.13. The van der Waals surface area contributed by atoms with Gasteiger partial charge in [-0.2, -0.15) is 0 Å². The summed E-state index contributed by atoms with van der Waals surface area (Å²) in [7, 11) is 2.12. The maximum absolute atomic E-state index is 13.2. The molecule has 0 radical (unpaired) electrons. The van der Waals surface area contributed by atoms with E-state index in [4.69, 9.17) is 4.42 Å². The summed E-state index contributed by atoms with van der Waals surface area (Å²) >= 11 is 0. The Labute approximate surface area is 145 Å². The van der Waals surface area contributed by atoms with Gasteiger partial charge in [-0.3, -0.25) is 14.6 Å². The van der Waals surface area contributed by atoms with Crippen LogP contribution in [0.15, 0.2) is 16.5 Å². The van der Waals surface area contributed by atoms with Crippen molar-refractivity contribution in [1.29, 1.82) is 0 Å². The number of amides is 1. The molecule has 3 heterocycles. The van der Waals surface area contributed by atoms with Gasteiger partial charge in [0.25, 0.3) is 0 Å². The molecule has 0 saturated carbocycles. The van der Waals surface area contributed by atoms with E-state index in [9.17, 15) is 4.79 Å². The maximum Gasteiger partial charge on any atom is 0.243 e. The maximum atomic E-state index is 13.2. The number of carbonyl (C=O) groups excluding carboxylic acids is 1. The SMILES string of the molecule is Cc1ccc(CN2CCC3(CC2)C(=O)N(CC(C)C)CCN3C)o1. The largest absolute Gasteiger partial charge is 0.465 e. The van der Waals surface area contributed by atoms with Gasteiger partial charge in [0.05, 0.1) is 6.54 Å². The first kappa shape index (κ1) is 17.5. The van der Waals surface area contributed by atoms with Crippen LogP contribution in [0.4, 0.5) is 0 Å². The van der Waals surface area contributed by atoms with E-state index in [1.165, 1.54) is 0 Å². The average molecular weight is 333 g/mol. The predicted octanol–water partition coefficient (Wildman–Crippen LogP) is 2.35. The monoisotopic (exact) mass is 333 g/mol. The van der Waals surface area contributed by atoms with Crippen LogP contribution in [0.1, 0.15) is 38.2 Å². The molecule has 0 aromatic carbocycles. The van der Waals surface area contributed by atoms with E-state index in [2.05, 4.69) is 41.7 Å². The van der Waals surface area contributed by atoms with Crippen molar-refractivity contribution in [3.8, 4) is 0 Å². The van der Waals surface area contributed by atoms with Crippen LogP contribution in [0.3, 0.4) is 0 Å². The Kier molecular flexibility index (Phi) is 5.02. The fraction of sp³-hybridized carbons (Fsp3) is 0.737. The van der Waals surface area contributed by atoms with E-state index in [1.807, 2.05) is 13.0 Å². The number of hydrogen-bond donors (Lipinski definition) is 0. The Hall–Kier alpha value is -1.33. The number of likely N-dealkylation sites (N-methyl/N-ethyl adjacent to an activating group) is 1. The third kappa shape index (κ3) is 3.38. The molecule has 0 atom stereocenters. The van der Waals surface area contributed by atoms with Crippen molar-refractivity contribution in [2.75, 3.05) is 39.8 Å². The van der Waals surface area contributed by atoms with Crippen LogP contribution in [0.2, 0.25) is 0 Å². The highest BCUT2D eigenvalue weighted by Gasteiger charge is 2.49. The van der Waals surface area contributed by atoms with Gasteiger partial charge in [-0.15, -0.1) is 0 Å². The van der Waals surface area contributed by atoms with Crippen molar-refractivity contribution < 1.29 is 9.21 Å². The van der Waals surface area contributed by atoms with Crippen molar-refractivity contribution >= 4 is 5.91 Å². The first-order valence-corrected chi connectivity index (χ1v) is 9.19. The van der Waals surface area contributed by atoms with Gasteiger partial charge in [0.15, 0.2) is 0 Å². The number of nitrogens with zero attached hydrogens (tertiary/aromatic N) is 3. The molecule has 3 rings (SSSR count). The molecule has 5 heteroatoms. The van der Waals surface area contributed by atoms with E-state index in [0.29, 0.717) is 11.8 Å². The first-order chi connectivity index (χ1) is 11.4. The smallest absolute Gasteiger partial charge is 0.243 e. The second kappa shape index (κ2) is 6.89. The molecule has 0 bridgehead atoms. The summed E-state index contributed by atoms with van der Waals surface area (Å²) in [5.41, 5.74) is -0.289. The van der Waals surface area contributed by atoms with E-state index in [-0.39, 0.29) is 5.54 Å². The van der Waals surface area contributed by atoms with Gasteiger partial charge >= 0.3 is 0 Å². The third-order valence-electron chi connectivity index (χ3n) is 5.57. The van der Waals surface area contributed by atoms with Crippen molar-refractivity contribution in [1.82, 2.24) is 14.7 Å². The molecule has 134 valence electrons. The molecule has 0 aliphatic carbocycles. The van der Waals surface area contributed by atoms with Crippen LogP contribution in [0.25, 0.3) is 0 Å². The van der Waals surface area contributed by atoms with Crippen molar-refractivity contribution in [2.24, 2.45) is 5.92 Å². The lowest BCUT2D eigenvalue weighted by atomic mass is 9.82. The quantitative estimate of drug-likeness (QED) is 0.848. The minimum Gasteiger partial charge on any atom is -0.465 e. The minimum absolute atomic E-state index is 0.289. The summed E-state index contributed by atoms with van der Waals surface area (Å²) in [5, 5.41) is 0. The Morgan fingerprint density at radius 1 is 1.17 bits per heavy atom. The lowest BCUT2D eigenvalue weighted by Crippen LogP contribution is -2.67. The molecule has 1 aromatic rings. The first-order valence-electron chi connectivity index (χ1n) is 9.19. The predicted molar refractivity (Wildman–Crippen MR) is 94.7 cm³/mol.